The molecule has 1 saturated carbocycles. The highest BCUT2D eigenvalue weighted by molar-refractivity contribution is 5.57. The number of hydrogen-bond acceptors (Lipinski definition) is 4. The first kappa shape index (κ1) is 15.5. The molecule has 0 spiro atoms. The van der Waals surface area contributed by atoms with Crippen molar-refractivity contribution >= 4 is 5.69 Å². The molecule has 1 saturated heterocycles. The molecule has 0 amide bonds. The van der Waals surface area contributed by atoms with E-state index in [9.17, 15) is 5.11 Å². The van der Waals surface area contributed by atoms with Gasteiger partial charge in [-0.2, -0.15) is 0 Å². The third-order valence-corrected chi connectivity index (χ3v) is 5.46. The third-order valence-electron chi connectivity index (χ3n) is 5.46. The zero-order valence-corrected chi connectivity index (χ0v) is 13.9. The first-order valence-electron chi connectivity index (χ1n) is 8.47. The van der Waals surface area contributed by atoms with E-state index in [1.165, 1.54) is 25.7 Å². The number of phenols is 1. The number of hydrogen-bond donors (Lipinski definition) is 2. The fourth-order valence-electron chi connectivity index (χ4n) is 3.98. The smallest absolute Gasteiger partial charge is 0.162 e. The lowest BCUT2D eigenvalue weighted by atomic mass is 9.81. The molecule has 2 fully saturated rings. The van der Waals surface area contributed by atoms with Crippen LogP contribution in [-0.4, -0.2) is 36.4 Å². The van der Waals surface area contributed by atoms with Gasteiger partial charge in [0.1, 0.15) is 0 Å². The highest BCUT2D eigenvalue weighted by Crippen LogP contribution is 2.37. The summed E-state index contributed by atoms with van der Waals surface area (Å²) in [7, 11) is 1.61. The highest BCUT2D eigenvalue weighted by atomic mass is 16.5. The number of phenolic OH excluding ortho intramolecular Hbond substituents is 1. The molecule has 4 nitrogen and oxygen atoms in total. The van der Waals surface area contributed by atoms with Crippen molar-refractivity contribution in [2.45, 2.75) is 63.6 Å². The maximum absolute atomic E-state index is 9.86. The number of ether oxygens (including phenoxy) is 1. The topological polar surface area (TPSA) is 44.7 Å². The lowest BCUT2D eigenvalue weighted by Crippen LogP contribution is -2.68. The second kappa shape index (κ2) is 5.99. The van der Waals surface area contributed by atoms with Crippen LogP contribution < -0.4 is 15.0 Å². The normalized spacial score (nSPS) is 31.7. The predicted molar refractivity (Wildman–Crippen MR) is 89.9 cm³/mol. The van der Waals surface area contributed by atoms with Crippen LogP contribution in [0.1, 0.15) is 46.0 Å². The van der Waals surface area contributed by atoms with Crippen LogP contribution in [0.15, 0.2) is 18.2 Å². The molecule has 0 radical (unpaired) electrons. The van der Waals surface area contributed by atoms with Crippen molar-refractivity contribution in [3.63, 3.8) is 0 Å². The Morgan fingerprint density at radius 2 is 2.14 bits per heavy atom. The van der Waals surface area contributed by atoms with Gasteiger partial charge in [-0.15, -0.1) is 0 Å². The van der Waals surface area contributed by atoms with Crippen molar-refractivity contribution in [1.82, 2.24) is 5.32 Å². The molecule has 3 atom stereocenters. The predicted octanol–water partition coefficient (Wildman–Crippen LogP) is 3.29. The molecule has 4 heteroatoms. The highest BCUT2D eigenvalue weighted by Gasteiger charge is 2.41. The summed E-state index contributed by atoms with van der Waals surface area (Å²) in [6.07, 6.45) is 6.23. The molecular formula is C18H28N2O2. The molecule has 2 N–H and O–H groups in total. The van der Waals surface area contributed by atoms with E-state index in [-0.39, 0.29) is 11.3 Å². The molecule has 0 aromatic heterocycles. The lowest BCUT2D eigenvalue weighted by molar-refractivity contribution is 0.182. The van der Waals surface area contributed by atoms with Crippen LogP contribution in [-0.2, 0) is 0 Å². The van der Waals surface area contributed by atoms with Gasteiger partial charge in [0.05, 0.1) is 7.11 Å². The monoisotopic (exact) mass is 304 g/mol. The van der Waals surface area contributed by atoms with Crippen molar-refractivity contribution in [2.75, 3.05) is 18.6 Å². The van der Waals surface area contributed by atoms with Crippen LogP contribution in [0.5, 0.6) is 11.5 Å². The Hall–Kier alpha value is -1.42. The minimum Gasteiger partial charge on any atom is -0.504 e. The molecule has 1 heterocycles. The molecule has 1 aromatic carbocycles. The maximum atomic E-state index is 9.86. The van der Waals surface area contributed by atoms with Crippen LogP contribution in [0.4, 0.5) is 5.69 Å². The number of nitrogens with zero attached hydrogens (tertiary/aromatic N) is 1. The minimum absolute atomic E-state index is 0.142. The molecule has 1 aromatic rings. The molecule has 3 rings (SSSR count). The average Bonchev–Trinajstić information content (AvgIpc) is 2.54. The summed E-state index contributed by atoms with van der Waals surface area (Å²) >= 11 is 0. The van der Waals surface area contributed by atoms with Crippen LogP contribution in [0.25, 0.3) is 0 Å². The summed E-state index contributed by atoms with van der Waals surface area (Å²) in [5.74, 6) is 0.765. The van der Waals surface area contributed by atoms with E-state index in [4.69, 9.17) is 4.74 Å². The Balaban J connectivity index is 1.94. The number of piperazine rings is 1. The zero-order valence-electron chi connectivity index (χ0n) is 13.9. The van der Waals surface area contributed by atoms with E-state index in [2.05, 4.69) is 24.1 Å². The van der Waals surface area contributed by atoms with Gasteiger partial charge in [0, 0.05) is 35.9 Å². The Morgan fingerprint density at radius 1 is 1.36 bits per heavy atom. The summed E-state index contributed by atoms with van der Waals surface area (Å²) in [6, 6.07) is 6.85. The fraction of sp³-hybridized carbons (Fsp3) is 0.667. The van der Waals surface area contributed by atoms with Crippen LogP contribution in [0.2, 0.25) is 0 Å². The molecule has 2 aliphatic rings. The molecule has 1 aliphatic carbocycles. The SMILES string of the molecule is CCC1(C)CN(c2ccc(O)c(OC)c2)C2CCCCC2N1. The average molecular weight is 304 g/mol. The van der Waals surface area contributed by atoms with Crippen LogP contribution in [0.3, 0.4) is 0 Å². The van der Waals surface area contributed by atoms with Gasteiger partial charge < -0.3 is 20.1 Å². The van der Waals surface area contributed by atoms with E-state index in [0.29, 0.717) is 17.8 Å². The number of aromatic hydroxyl groups is 1. The van der Waals surface area contributed by atoms with Gasteiger partial charge in [-0.05, 0) is 38.3 Å². The fourth-order valence-corrected chi connectivity index (χ4v) is 3.98. The Kier molecular flexibility index (Phi) is 4.22. The first-order chi connectivity index (χ1) is 10.6. The minimum atomic E-state index is 0.142. The van der Waals surface area contributed by atoms with Crippen molar-refractivity contribution < 1.29 is 9.84 Å². The van der Waals surface area contributed by atoms with Gasteiger partial charge >= 0.3 is 0 Å². The van der Waals surface area contributed by atoms with E-state index < -0.39 is 0 Å². The molecule has 1 aliphatic heterocycles. The quantitative estimate of drug-likeness (QED) is 0.899. The first-order valence-corrected chi connectivity index (χ1v) is 8.47. The second-order valence-corrected chi connectivity index (χ2v) is 7.00. The number of fused-ring (bicyclic) bond motifs is 1. The van der Waals surface area contributed by atoms with Crippen molar-refractivity contribution in [2.24, 2.45) is 0 Å². The molecule has 0 bridgehead atoms. The van der Waals surface area contributed by atoms with Gasteiger partial charge in [-0.3, -0.25) is 0 Å². The molecule has 3 unspecified atom stereocenters. The third kappa shape index (κ3) is 2.76. The number of methoxy groups -OCH3 is 1. The van der Waals surface area contributed by atoms with E-state index in [1.807, 2.05) is 12.1 Å². The summed E-state index contributed by atoms with van der Waals surface area (Å²) in [5, 5.41) is 13.8. The molecular weight excluding hydrogens is 276 g/mol. The zero-order chi connectivity index (χ0) is 15.7. The van der Waals surface area contributed by atoms with Gasteiger partial charge in [-0.25, -0.2) is 0 Å². The van der Waals surface area contributed by atoms with Gasteiger partial charge in [-0.1, -0.05) is 19.8 Å². The summed E-state index contributed by atoms with van der Waals surface area (Å²) in [5.41, 5.74) is 1.30. The van der Waals surface area contributed by atoms with Crippen molar-refractivity contribution in [1.29, 1.82) is 0 Å². The molecule has 122 valence electrons. The van der Waals surface area contributed by atoms with E-state index >= 15 is 0 Å². The van der Waals surface area contributed by atoms with E-state index in [1.54, 1.807) is 13.2 Å². The summed E-state index contributed by atoms with van der Waals surface area (Å²) in [4.78, 5) is 2.53. The van der Waals surface area contributed by atoms with Crippen LogP contribution >= 0.6 is 0 Å². The van der Waals surface area contributed by atoms with Gasteiger partial charge in [0.2, 0.25) is 0 Å². The van der Waals surface area contributed by atoms with Crippen molar-refractivity contribution in [3.05, 3.63) is 18.2 Å². The van der Waals surface area contributed by atoms with Crippen LogP contribution in [0, 0.1) is 0 Å². The standard InChI is InChI=1S/C18H28N2O2/c1-4-18(2)12-20(15-8-6-5-7-14(15)19-18)13-9-10-16(21)17(11-13)22-3/h9-11,14-15,19,21H,4-8,12H2,1-3H3. The maximum Gasteiger partial charge on any atom is 0.162 e. The lowest BCUT2D eigenvalue weighted by Gasteiger charge is -2.53. The number of rotatable bonds is 3. The summed E-state index contributed by atoms with van der Waals surface area (Å²) in [6.45, 7) is 5.58. The van der Waals surface area contributed by atoms with Gasteiger partial charge in [0.25, 0.3) is 0 Å². The number of anilines is 1. The summed E-state index contributed by atoms with van der Waals surface area (Å²) < 4.78 is 5.30. The molecule has 22 heavy (non-hydrogen) atoms. The number of nitrogens with one attached hydrogen (secondary N) is 1. The Bertz CT molecular complexity index is 534. The second-order valence-electron chi connectivity index (χ2n) is 7.00. The van der Waals surface area contributed by atoms with E-state index in [0.717, 1.165) is 18.7 Å². The number of benzene rings is 1. The Morgan fingerprint density at radius 3 is 2.86 bits per heavy atom. The Labute approximate surface area is 133 Å². The van der Waals surface area contributed by atoms with Crippen molar-refractivity contribution in [3.8, 4) is 11.5 Å². The van der Waals surface area contributed by atoms with Gasteiger partial charge in [0.15, 0.2) is 11.5 Å². The largest absolute Gasteiger partial charge is 0.504 e.